The van der Waals surface area contributed by atoms with Crippen LogP contribution in [-0.2, 0) is 4.79 Å². The number of fused-ring (bicyclic) bond motifs is 1. The second kappa shape index (κ2) is 7.77. The summed E-state index contributed by atoms with van der Waals surface area (Å²) in [5.74, 6) is 0.388. The molecule has 0 saturated carbocycles. The van der Waals surface area contributed by atoms with Crippen molar-refractivity contribution in [3.05, 3.63) is 59.1 Å². The number of carbonyl (C=O) groups excluding carboxylic acids is 1. The quantitative estimate of drug-likeness (QED) is 0.657. The summed E-state index contributed by atoms with van der Waals surface area (Å²) in [4.78, 5) is 24.4. The Balaban J connectivity index is 1.59. The first-order chi connectivity index (χ1) is 12.6. The molecular weight excluding hydrogens is 336 g/mol. The van der Waals surface area contributed by atoms with Crippen molar-refractivity contribution in [2.24, 2.45) is 0 Å². The monoisotopic (exact) mass is 356 g/mol. The normalized spacial score (nSPS) is 11.9. The fraction of sp³-hybridized carbons (Fsp3) is 0.263. The Hall–Kier alpha value is -3.22. The molecule has 1 amide bonds. The van der Waals surface area contributed by atoms with Gasteiger partial charge in [-0.15, -0.1) is 0 Å². The molecular formula is C19H20N2O5. The van der Waals surface area contributed by atoms with E-state index >= 15 is 0 Å². The van der Waals surface area contributed by atoms with Crippen LogP contribution in [0, 0.1) is 0 Å². The average molecular weight is 356 g/mol. The molecule has 0 radical (unpaired) electrons. The SMILES string of the molecule is COc1ccccc1OCCNC(=O)C(C)n1c(=O)oc2ccccc21. The van der Waals surface area contributed by atoms with Crippen molar-refractivity contribution in [2.45, 2.75) is 13.0 Å². The molecule has 3 aromatic rings. The third kappa shape index (κ3) is 3.56. The fourth-order valence-electron chi connectivity index (χ4n) is 2.69. The molecule has 0 saturated heterocycles. The number of nitrogens with one attached hydrogen (secondary N) is 1. The third-order valence-corrected chi connectivity index (χ3v) is 4.01. The van der Waals surface area contributed by atoms with Crippen LogP contribution in [0.4, 0.5) is 0 Å². The Kier molecular flexibility index (Phi) is 5.26. The smallest absolute Gasteiger partial charge is 0.420 e. The van der Waals surface area contributed by atoms with Crippen LogP contribution in [0.3, 0.4) is 0 Å². The Morgan fingerprint density at radius 1 is 1.15 bits per heavy atom. The van der Waals surface area contributed by atoms with Gasteiger partial charge in [0.1, 0.15) is 12.6 Å². The molecule has 7 heteroatoms. The number of hydrogen-bond acceptors (Lipinski definition) is 5. The highest BCUT2D eigenvalue weighted by Gasteiger charge is 2.20. The second-order valence-electron chi connectivity index (χ2n) is 5.67. The number of hydrogen-bond donors (Lipinski definition) is 1. The minimum atomic E-state index is -0.697. The van der Waals surface area contributed by atoms with E-state index in [-0.39, 0.29) is 12.5 Å². The Bertz CT molecular complexity index is 960. The molecule has 1 aromatic heterocycles. The van der Waals surface area contributed by atoms with Crippen molar-refractivity contribution in [1.82, 2.24) is 9.88 Å². The lowest BCUT2D eigenvalue weighted by Gasteiger charge is -2.14. The first-order valence-corrected chi connectivity index (χ1v) is 8.25. The molecule has 1 N–H and O–H groups in total. The van der Waals surface area contributed by atoms with Crippen LogP contribution >= 0.6 is 0 Å². The van der Waals surface area contributed by atoms with Gasteiger partial charge in [-0.3, -0.25) is 9.36 Å². The lowest BCUT2D eigenvalue weighted by Crippen LogP contribution is -2.36. The highest BCUT2D eigenvalue weighted by Crippen LogP contribution is 2.25. The van der Waals surface area contributed by atoms with Crippen molar-refractivity contribution < 1.29 is 18.7 Å². The van der Waals surface area contributed by atoms with Crippen LogP contribution in [-0.4, -0.2) is 30.7 Å². The standard InChI is InChI=1S/C19H20N2O5/c1-13(21-14-7-3-4-8-15(14)26-19(21)23)18(22)20-11-12-25-17-10-6-5-9-16(17)24-2/h3-10,13H,11-12H2,1-2H3,(H,20,22). The first kappa shape index (κ1) is 17.6. The number of benzene rings is 2. The number of oxazole rings is 1. The molecule has 0 fully saturated rings. The van der Waals surface area contributed by atoms with E-state index in [1.54, 1.807) is 50.4 Å². The van der Waals surface area contributed by atoms with E-state index < -0.39 is 11.8 Å². The van der Waals surface area contributed by atoms with E-state index in [0.717, 1.165) is 0 Å². The number of aromatic nitrogens is 1. The minimum absolute atomic E-state index is 0.278. The number of rotatable bonds is 7. The van der Waals surface area contributed by atoms with E-state index in [1.807, 2.05) is 12.1 Å². The lowest BCUT2D eigenvalue weighted by atomic mass is 10.2. The summed E-state index contributed by atoms with van der Waals surface area (Å²) in [6.07, 6.45) is 0. The van der Waals surface area contributed by atoms with Gasteiger partial charge in [-0.25, -0.2) is 4.79 Å². The van der Waals surface area contributed by atoms with Crippen molar-refractivity contribution in [1.29, 1.82) is 0 Å². The highest BCUT2D eigenvalue weighted by molar-refractivity contribution is 5.82. The molecule has 26 heavy (non-hydrogen) atoms. The van der Waals surface area contributed by atoms with Crippen LogP contribution in [0.2, 0.25) is 0 Å². The van der Waals surface area contributed by atoms with E-state index in [2.05, 4.69) is 5.32 Å². The van der Waals surface area contributed by atoms with Crippen molar-refractivity contribution in [3.63, 3.8) is 0 Å². The predicted molar refractivity (Wildman–Crippen MR) is 96.7 cm³/mol. The van der Waals surface area contributed by atoms with Crippen LogP contribution < -0.4 is 20.5 Å². The molecule has 0 bridgehead atoms. The zero-order chi connectivity index (χ0) is 18.5. The van der Waals surface area contributed by atoms with Gasteiger partial charge in [0.05, 0.1) is 19.2 Å². The largest absolute Gasteiger partial charge is 0.493 e. The van der Waals surface area contributed by atoms with Gasteiger partial charge in [-0.2, -0.15) is 0 Å². The van der Waals surface area contributed by atoms with Crippen LogP contribution in [0.25, 0.3) is 11.1 Å². The average Bonchev–Trinajstić information content (AvgIpc) is 3.00. The third-order valence-electron chi connectivity index (χ3n) is 4.01. The molecule has 2 aromatic carbocycles. The molecule has 0 aliphatic carbocycles. The van der Waals surface area contributed by atoms with Gasteiger partial charge in [0.15, 0.2) is 17.1 Å². The summed E-state index contributed by atoms with van der Waals surface area (Å²) in [5, 5.41) is 2.76. The molecule has 0 aliphatic rings. The molecule has 7 nitrogen and oxygen atoms in total. The van der Waals surface area contributed by atoms with Gasteiger partial charge in [0.25, 0.3) is 0 Å². The molecule has 1 heterocycles. The maximum Gasteiger partial charge on any atom is 0.420 e. The zero-order valence-electron chi connectivity index (χ0n) is 14.6. The fourth-order valence-corrected chi connectivity index (χ4v) is 2.69. The Labute approximate surface area is 150 Å². The number of amides is 1. The maximum absolute atomic E-state index is 12.4. The summed E-state index contributed by atoms with van der Waals surface area (Å²) >= 11 is 0. The molecule has 0 aliphatic heterocycles. The predicted octanol–water partition coefficient (Wildman–Crippen LogP) is 2.36. The zero-order valence-corrected chi connectivity index (χ0v) is 14.6. The summed E-state index contributed by atoms with van der Waals surface area (Å²) in [5.41, 5.74) is 1.04. The minimum Gasteiger partial charge on any atom is -0.493 e. The highest BCUT2D eigenvalue weighted by atomic mass is 16.5. The van der Waals surface area contributed by atoms with Gasteiger partial charge in [-0.05, 0) is 31.2 Å². The molecule has 3 rings (SSSR count). The topological polar surface area (TPSA) is 82.7 Å². The van der Waals surface area contributed by atoms with Crippen LogP contribution in [0.5, 0.6) is 11.5 Å². The van der Waals surface area contributed by atoms with Gasteiger partial charge in [0.2, 0.25) is 5.91 Å². The summed E-state index contributed by atoms with van der Waals surface area (Å²) < 4.78 is 17.3. The number of para-hydroxylation sites is 4. The number of nitrogens with zero attached hydrogens (tertiary/aromatic N) is 1. The molecule has 136 valence electrons. The van der Waals surface area contributed by atoms with Crippen molar-refractivity contribution >= 4 is 17.0 Å². The van der Waals surface area contributed by atoms with Crippen molar-refractivity contribution in [3.8, 4) is 11.5 Å². The van der Waals surface area contributed by atoms with Gasteiger partial charge < -0.3 is 19.2 Å². The van der Waals surface area contributed by atoms with E-state index in [1.165, 1.54) is 4.57 Å². The number of carbonyl (C=O) groups is 1. The van der Waals surface area contributed by atoms with E-state index in [0.29, 0.717) is 29.1 Å². The summed E-state index contributed by atoms with van der Waals surface area (Å²) in [7, 11) is 1.57. The van der Waals surface area contributed by atoms with Gasteiger partial charge in [0, 0.05) is 0 Å². The Morgan fingerprint density at radius 3 is 2.62 bits per heavy atom. The van der Waals surface area contributed by atoms with Gasteiger partial charge in [-0.1, -0.05) is 24.3 Å². The summed E-state index contributed by atoms with van der Waals surface area (Å²) in [6.45, 7) is 2.23. The van der Waals surface area contributed by atoms with E-state index in [4.69, 9.17) is 13.9 Å². The first-order valence-electron chi connectivity index (χ1n) is 8.25. The second-order valence-corrected chi connectivity index (χ2v) is 5.67. The van der Waals surface area contributed by atoms with E-state index in [9.17, 15) is 9.59 Å². The Morgan fingerprint density at radius 2 is 1.85 bits per heavy atom. The maximum atomic E-state index is 12.4. The molecule has 1 atom stereocenters. The van der Waals surface area contributed by atoms with Crippen LogP contribution in [0.15, 0.2) is 57.7 Å². The number of ether oxygens (including phenoxy) is 2. The lowest BCUT2D eigenvalue weighted by molar-refractivity contribution is -0.124. The van der Waals surface area contributed by atoms with Gasteiger partial charge >= 0.3 is 5.76 Å². The van der Waals surface area contributed by atoms with Crippen LogP contribution in [0.1, 0.15) is 13.0 Å². The summed E-state index contributed by atoms with van der Waals surface area (Å²) in [6, 6.07) is 13.6. The molecule has 1 unspecified atom stereocenters. The molecule has 0 spiro atoms. The van der Waals surface area contributed by atoms with Crippen molar-refractivity contribution in [2.75, 3.05) is 20.3 Å². The number of methoxy groups -OCH3 is 1.